The molecule has 0 fully saturated rings. The second-order valence-corrected chi connectivity index (χ2v) is 3.71. The molecule has 2 rings (SSSR count). The van der Waals surface area contributed by atoms with E-state index in [1.807, 2.05) is 0 Å². The van der Waals surface area contributed by atoms with E-state index in [2.05, 4.69) is 0 Å². The first-order chi connectivity index (χ1) is 8.99. The van der Waals surface area contributed by atoms with Gasteiger partial charge in [-0.15, -0.1) is 0 Å². The molecule has 0 aromatic heterocycles. The Morgan fingerprint density at radius 3 is 2.63 bits per heavy atom. The van der Waals surface area contributed by atoms with E-state index in [1.54, 1.807) is 0 Å². The van der Waals surface area contributed by atoms with Crippen molar-refractivity contribution in [1.29, 1.82) is 0 Å². The average Bonchev–Trinajstić information content (AvgIpc) is 2.37. The van der Waals surface area contributed by atoms with Gasteiger partial charge < -0.3 is 15.6 Å². The van der Waals surface area contributed by atoms with Gasteiger partial charge in [0.05, 0.1) is 5.56 Å². The number of aromatic carboxylic acids is 1. The standard InChI is InChI=1S/C13H9F2NO3/c14-9-2-1-3-11(12(9)15)19-7-4-5-10(16)8(6-7)13(17)18/h1-6H,16H2,(H,17,18). The smallest absolute Gasteiger partial charge is 0.337 e. The fourth-order valence-electron chi connectivity index (χ4n) is 1.47. The molecule has 0 aliphatic rings. The number of carboxylic acid groups (broad SMARTS) is 1. The maximum atomic E-state index is 13.4. The van der Waals surface area contributed by atoms with Crippen molar-refractivity contribution < 1.29 is 23.4 Å². The second-order valence-electron chi connectivity index (χ2n) is 3.71. The van der Waals surface area contributed by atoms with Gasteiger partial charge in [-0.3, -0.25) is 0 Å². The van der Waals surface area contributed by atoms with Gasteiger partial charge in [0.15, 0.2) is 11.6 Å². The summed E-state index contributed by atoms with van der Waals surface area (Å²) in [4.78, 5) is 10.9. The number of rotatable bonds is 3. The van der Waals surface area contributed by atoms with Crippen molar-refractivity contribution >= 4 is 11.7 Å². The van der Waals surface area contributed by atoms with Gasteiger partial charge >= 0.3 is 5.97 Å². The molecule has 0 saturated carbocycles. The van der Waals surface area contributed by atoms with Gasteiger partial charge in [0.25, 0.3) is 0 Å². The molecule has 6 heteroatoms. The summed E-state index contributed by atoms with van der Waals surface area (Å²) in [7, 11) is 0. The van der Waals surface area contributed by atoms with Crippen LogP contribution in [0.1, 0.15) is 10.4 Å². The Morgan fingerprint density at radius 2 is 1.95 bits per heavy atom. The molecule has 0 amide bonds. The summed E-state index contributed by atoms with van der Waals surface area (Å²) >= 11 is 0. The van der Waals surface area contributed by atoms with Crippen LogP contribution in [-0.4, -0.2) is 11.1 Å². The van der Waals surface area contributed by atoms with Crippen molar-refractivity contribution in [1.82, 2.24) is 0 Å². The van der Waals surface area contributed by atoms with Crippen molar-refractivity contribution in [2.45, 2.75) is 0 Å². The van der Waals surface area contributed by atoms with Crippen LogP contribution in [0.3, 0.4) is 0 Å². The molecule has 0 saturated heterocycles. The SMILES string of the molecule is Nc1ccc(Oc2cccc(F)c2F)cc1C(=O)O. The Bertz CT molecular complexity index is 644. The summed E-state index contributed by atoms with van der Waals surface area (Å²) in [6.45, 7) is 0. The topological polar surface area (TPSA) is 72.5 Å². The van der Waals surface area contributed by atoms with Gasteiger partial charge in [0.2, 0.25) is 5.82 Å². The molecule has 0 heterocycles. The lowest BCUT2D eigenvalue weighted by Crippen LogP contribution is -2.02. The summed E-state index contributed by atoms with van der Waals surface area (Å²) in [5.74, 6) is -3.71. The Kier molecular flexibility index (Phi) is 3.33. The molecule has 0 aliphatic heterocycles. The van der Waals surface area contributed by atoms with Gasteiger partial charge in [0, 0.05) is 5.69 Å². The van der Waals surface area contributed by atoms with Crippen molar-refractivity contribution in [2.75, 3.05) is 5.73 Å². The van der Waals surface area contributed by atoms with Gasteiger partial charge in [-0.1, -0.05) is 6.07 Å². The highest BCUT2D eigenvalue weighted by molar-refractivity contribution is 5.94. The van der Waals surface area contributed by atoms with Crippen LogP contribution in [0.5, 0.6) is 11.5 Å². The molecule has 0 unspecified atom stereocenters. The zero-order valence-corrected chi connectivity index (χ0v) is 9.56. The molecular weight excluding hydrogens is 256 g/mol. The van der Waals surface area contributed by atoms with Crippen molar-refractivity contribution in [3.8, 4) is 11.5 Å². The lowest BCUT2D eigenvalue weighted by molar-refractivity contribution is 0.0697. The quantitative estimate of drug-likeness (QED) is 0.836. The third-order valence-electron chi connectivity index (χ3n) is 2.40. The van der Waals surface area contributed by atoms with E-state index in [1.165, 1.54) is 24.3 Å². The molecule has 98 valence electrons. The number of nitrogens with two attached hydrogens (primary N) is 1. The average molecular weight is 265 g/mol. The lowest BCUT2D eigenvalue weighted by Gasteiger charge is -2.08. The highest BCUT2D eigenvalue weighted by Crippen LogP contribution is 2.28. The first-order valence-electron chi connectivity index (χ1n) is 5.23. The number of nitrogen functional groups attached to an aromatic ring is 1. The highest BCUT2D eigenvalue weighted by Gasteiger charge is 2.13. The number of benzene rings is 2. The Labute approximate surface area is 107 Å². The minimum absolute atomic E-state index is 0.0519. The molecule has 0 radical (unpaired) electrons. The lowest BCUT2D eigenvalue weighted by atomic mass is 10.2. The molecule has 2 aromatic carbocycles. The van der Waals surface area contributed by atoms with Crippen LogP contribution in [0.15, 0.2) is 36.4 Å². The second kappa shape index (κ2) is 4.93. The number of ether oxygens (including phenoxy) is 1. The maximum Gasteiger partial charge on any atom is 0.337 e. The zero-order valence-electron chi connectivity index (χ0n) is 9.56. The maximum absolute atomic E-state index is 13.4. The third kappa shape index (κ3) is 2.62. The van der Waals surface area contributed by atoms with Crippen LogP contribution in [0.25, 0.3) is 0 Å². The first kappa shape index (κ1) is 12.8. The van der Waals surface area contributed by atoms with Crippen molar-refractivity contribution in [3.05, 3.63) is 53.6 Å². The minimum atomic E-state index is -1.23. The highest BCUT2D eigenvalue weighted by atomic mass is 19.2. The number of halogens is 2. The number of hydrogen-bond donors (Lipinski definition) is 2. The van der Waals surface area contributed by atoms with Crippen molar-refractivity contribution in [2.24, 2.45) is 0 Å². The fourth-order valence-corrected chi connectivity index (χ4v) is 1.47. The summed E-state index contributed by atoms with van der Waals surface area (Å²) in [5.41, 5.74) is 5.35. The minimum Gasteiger partial charge on any atom is -0.478 e. The van der Waals surface area contributed by atoms with E-state index in [0.717, 1.165) is 12.1 Å². The van der Waals surface area contributed by atoms with Crippen molar-refractivity contribution in [3.63, 3.8) is 0 Å². The molecule has 4 nitrogen and oxygen atoms in total. The third-order valence-corrected chi connectivity index (χ3v) is 2.40. The predicted molar refractivity (Wildman–Crippen MR) is 64.2 cm³/mol. The monoisotopic (exact) mass is 265 g/mol. The number of carboxylic acids is 1. The Hall–Kier alpha value is -2.63. The summed E-state index contributed by atoms with van der Waals surface area (Å²) < 4.78 is 31.5. The van der Waals surface area contributed by atoms with Crippen LogP contribution < -0.4 is 10.5 Å². The molecule has 0 atom stereocenters. The van der Waals surface area contributed by atoms with Crippen LogP contribution in [0.2, 0.25) is 0 Å². The first-order valence-corrected chi connectivity index (χ1v) is 5.23. The number of carbonyl (C=O) groups is 1. The van der Waals surface area contributed by atoms with E-state index in [0.29, 0.717) is 0 Å². The summed E-state index contributed by atoms with van der Waals surface area (Å²) in [6, 6.07) is 7.29. The fraction of sp³-hybridized carbons (Fsp3) is 0. The van der Waals surface area contributed by atoms with Gasteiger partial charge in [-0.25, -0.2) is 9.18 Å². The van der Waals surface area contributed by atoms with E-state index in [-0.39, 0.29) is 22.7 Å². The van der Waals surface area contributed by atoms with Gasteiger partial charge in [0.1, 0.15) is 5.75 Å². The molecule has 2 aromatic rings. The molecule has 19 heavy (non-hydrogen) atoms. The molecular formula is C13H9F2NO3. The Morgan fingerprint density at radius 1 is 1.21 bits per heavy atom. The molecule has 0 bridgehead atoms. The van der Waals surface area contributed by atoms with Gasteiger partial charge in [-0.2, -0.15) is 4.39 Å². The number of hydrogen-bond acceptors (Lipinski definition) is 3. The van der Waals surface area contributed by atoms with Crippen LogP contribution >= 0.6 is 0 Å². The van der Waals surface area contributed by atoms with Crippen LogP contribution in [0, 0.1) is 11.6 Å². The Balaban J connectivity index is 2.36. The molecule has 3 N–H and O–H groups in total. The summed E-state index contributed by atoms with van der Waals surface area (Å²) in [6.07, 6.45) is 0. The predicted octanol–water partition coefficient (Wildman–Crippen LogP) is 3.04. The largest absolute Gasteiger partial charge is 0.478 e. The summed E-state index contributed by atoms with van der Waals surface area (Å²) in [5, 5.41) is 8.89. The van der Waals surface area contributed by atoms with E-state index < -0.39 is 17.6 Å². The van der Waals surface area contributed by atoms with E-state index >= 15 is 0 Å². The molecule has 0 aliphatic carbocycles. The van der Waals surface area contributed by atoms with E-state index in [4.69, 9.17) is 15.6 Å². The zero-order chi connectivity index (χ0) is 14.0. The number of anilines is 1. The van der Waals surface area contributed by atoms with Crippen LogP contribution in [0.4, 0.5) is 14.5 Å². The molecule has 0 spiro atoms. The van der Waals surface area contributed by atoms with Crippen LogP contribution in [-0.2, 0) is 0 Å². The van der Waals surface area contributed by atoms with Gasteiger partial charge in [-0.05, 0) is 30.3 Å². The van der Waals surface area contributed by atoms with E-state index in [9.17, 15) is 13.6 Å². The normalized spacial score (nSPS) is 10.2.